The van der Waals surface area contributed by atoms with Gasteiger partial charge in [-0.1, -0.05) is 13.3 Å². The van der Waals surface area contributed by atoms with Crippen molar-refractivity contribution in [3.05, 3.63) is 28.4 Å². The molecule has 0 spiro atoms. The fraction of sp³-hybridized carbons (Fsp3) is 0.500. The Morgan fingerprint density at radius 3 is 2.73 bits per heavy atom. The van der Waals surface area contributed by atoms with Gasteiger partial charge in [-0.25, -0.2) is 14.8 Å². The number of halogens is 3. The molecule has 0 N–H and O–H groups in total. The van der Waals surface area contributed by atoms with Crippen LogP contribution >= 0.6 is 11.3 Å². The van der Waals surface area contributed by atoms with Crippen LogP contribution in [0.2, 0.25) is 0 Å². The number of nitrogens with zero attached hydrogens (tertiary/aromatic N) is 6. The SMILES string of the molecule is CCCc1cc2c(N3CCn4c(nnc4C(F)(F)F)C3)nc(C(=O)OCC)nc2s1. The zero-order valence-electron chi connectivity index (χ0n) is 16.4. The number of hydrogen-bond acceptors (Lipinski definition) is 8. The molecule has 1 aliphatic heterocycles. The second-order valence-electron chi connectivity index (χ2n) is 6.78. The molecule has 3 aromatic rings. The third-order valence-corrected chi connectivity index (χ3v) is 5.77. The summed E-state index contributed by atoms with van der Waals surface area (Å²) in [7, 11) is 0. The summed E-state index contributed by atoms with van der Waals surface area (Å²) in [5, 5.41) is 7.80. The largest absolute Gasteiger partial charge is 0.460 e. The Labute approximate surface area is 173 Å². The lowest BCUT2D eigenvalue weighted by Crippen LogP contribution is -2.36. The summed E-state index contributed by atoms with van der Waals surface area (Å²) in [6, 6.07) is 1.98. The van der Waals surface area contributed by atoms with Crippen LogP contribution in [0.15, 0.2) is 6.07 Å². The van der Waals surface area contributed by atoms with Gasteiger partial charge in [-0.15, -0.1) is 21.5 Å². The zero-order valence-corrected chi connectivity index (χ0v) is 17.2. The minimum Gasteiger partial charge on any atom is -0.460 e. The Morgan fingerprint density at radius 2 is 2.03 bits per heavy atom. The molecule has 0 saturated heterocycles. The normalized spacial score (nSPS) is 14.2. The van der Waals surface area contributed by atoms with Crippen LogP contribution in [0.1, 0.15) is 47.4 Å². The number of fused-ring (bicyclic) bond motifs is 2. The lowest BCUT2D eigenvalue weighted by atomic mass is 10.2. The van der Waals surface area contributed by atoms with E-state index in [1.165, 1.54) is 11.3 Å². The Hall–Kier alpha value is -2.76. The minimum absolute atomic E-state index is 0.0589. The molecule has 30 heavy (non-hydrogen) atoms. The van der Waals surface area contributed by atoms with Crippen molar-refractivity contribution >= 4 is 33.3 Å². The molecule has 0 bridgehead atoms. The number of carbonyl (C=O) groups excluding carboxylic acids is 1. The smallest absolute Gasteiger partial charge is 0.451 e. The van der Waals surface area contributed by atoms with Crippen molar-refractivity contribution in [1.82, 2.24) is 24.7 Å². The van der Waals surface area contributed by atoms with Gasteiger partial charge in [0.05, 0.1) is 18.5 Å². The summed E-state index contributed by atoms with van der Waals surface area (Å²) in [5.41, 5.74) is 0. The average molecular weight is 440 g/mol. The van der Waals surface area contributed by atoms with Crippen molar-refractivity contribution in [2.75, 3.05) is 18.1 Å². The van der Waals surface area contributed by atoms with E-state index in [2.05, 4.69) is 27.1 Å². The van der Waals surface area contributed by atoms with Gasteiger partial charge in [0.2, 0.25) is 11.6 Å². The number of ether oxygens (including phenoxy) is 1. The van der Waals surface area contributed by atoms with Crippen LogP contribution in [-0.4, -0.2) is 43.9 Å². The second-order valence-corrected chi connectivity index (χ2v) is 7.90. The Kier molecular flexibility index (Phi) is 5.35. The van der Waals surface area contributed by atoms with Crippen molar-refractivity contribution in [3.8, 4) is 0 Å². The van der Waals surface area contributed by atoms with E-state index in [0.29, 0.717) is 10.6 Å². The van der Waals surface area contributed by atoms with Crippen LogP contribution in [0.25, 0.3) is 10.2 Å². The molecule has 0 radical (unpaired) electrons. The number of esters is 1. The van der Waals surface area contributed by atoms with Gasteiger partial charge in [0, 0.05) is 18.0 Å². The first-order chi connectivity index (χ1) is 14.3. The van der Waals surface area contributed by atoms with E-state index in [0.717, 1.165) is 27.7 Å². The van der Waals surface area contributed by atoms with E-state index in [1.807, 2.05) is 6.07 Å². The van der Waals surface area contributed by atoms with Crippen molar-refractivity contribution in [2.45, 2.75) is 46.0 Å². The summed E-state index contributed by atoms with van der Waals surface area (Å²) >= 11 is 1.48. The molecule has 0 unspecified atom stereocenters. The molecule has 3 aromatic heterocycles. The van der Waals surface area contributed by atoms with E-state index in [4.69, 9.17) is 4.74 Å². The van der Waals surface area contributed by atoms with Crippen LogP contribution < -0.4 is 4.90 Å². The third-order valence-electron chi connectivity index (χ3n) is 4.68. The van der Waals surface area contributed by atoms with Gasteiger partial charge in [-0.2, -0.15) is 13.2 Å². The molecule has 0 saturated carbocycles. The van der Waals surface area contributed by atoms with E-state index in [9.17, 15) is 18.0 Å². The van der Waals surface area contributed by atoms with Crippen molar-refractivity contribution in [3.63, 3.8) is 0 Å². The predicted molar refractivity (Wildman–Crippen MR) is 103 cm³/mol. The van der Waals surface area contributed by atoms with Crippen LogP contribution in [0.5, 0.6) is 0 Å². The van der Waals surface area contributed by atoms with E-state index >= 15 is 0 Å². The fourth-order valence-corrected chi connectivity index (χ4v) is 4.53. The highest BCUT2D eigenvalue weighted by atomic mass is 32.1. The maximum absolute atomic E-state index is 13.1. The van der Waals surface area contributed by atoms with E-state index in [1.54, 1.807) is 11.8 Å². The van der Waals surface area contributed by atoms with Crippen molar-refractivity contribution in [1.29, 1.82) is 0 Å². The van der Waals surface area contributed by atoms with E-state index < -0.39 is 18.0 Å². The summed E-state index contributed by atoms with van der Waals surface area (Å²) in [6.45, 7) is 4.36. The third kappa shape index (κ3) is 3.71. The molecule has 0 atom stereocenters. The minimum atomic E-state index is -4.56. The number of aryl methyl sites for hydroxylation is 1. The number of thiophene rings is 1. The van der Waals surface area contributed by atoms with Gasteiger partial charge in [-0.3, -0.25) is 0 Å². The standard InChI is InChI=1S/C18H19F3N6O2S/c1-3-5-10-8-11-14(22-13(16(28)29-4-2)23-15(11)30-10)26-6-7-27-12(9-26)24-25-17(27)18(19,20)21/h8H,3-7,9H2,1-2H3. The molecule has 0 aliphatic carbocycles. The summed E-state index contributed by atoms with van der Waals surface area (Å²) in [5.74, 6) is -1.01. The molecule has 160 valence electrons. The summed E-state index contributed by atoms with van der Waals surface area (Å²) in [4.78, 5) is 24.6. The number of carbonyl (C=O) groups is 1. The van der Waals surface area contributed by atoms with Crippen molar-refractivity contribution < 1.29 is 22.7 Å². The van der Waals surface area contributed by atoms with Gasteiger partial charge < -0.3 is 14.2 Å². The highest BCUT2D eigenvalue weighted by molar-refractivity contribution is 7.18. The first kappa shape index (κ1) is 20.5. The predicted octanol–water partition coefficient (Wildman–Crippen LogP) is 3.45. The zero-order chi connectivity index (χ0) is 21.5. The molecule has 0 fully saturated rings. The first-order valence-electron chi connectivity index (χ1n) is 9.53. The molecule has 4 heterocycles. The van der Waals surface area contributed by atoms with Gasteiger partial charge in [0.15, 0.2) is 5.82 Å². The maximum atomic E-state index is 13.1. The Balaban J connectivity index is 1.75. The number of rotatable bonds is 5. The molecular formula is C18H19F3N6O2S. The number of anilines is 1. The second kappa shape index (κ2) is 7.82. The molecule has 0 amide bonds. The maximum Gasteiger partial charge on any atom is 0.451 e. The van der Waals surface area contributed by atoms with Crippen molar-refractivity contribution in [2.24, 2.45) is 0 Å². The highest BCUT2D eigenvalue weighted by Gasteiger charge is 2.39. The summed E-state index contributed by atoms with van der Waals surface area (Å²) in [6.07, 6.45) is -2.75. The average Bonchev–Trinajstić information content (AvgIpc) is 3.30. The van der Waals surface area contributed by atoms with Gasteiger partial charge in [0.1, 0.15) is 10.6 Å². The molecule has 1 aliphatic rings. The Morgan fingerprint density at radius 1 is 1.23 bits per heavy atom. The monoisotopic (exact) mass is 440 g/mol. The van der Waals surface area contributed by atoms with E-state index in [-0.39, 0.29) is 37.9 Å². The Bertz CT molecular complexity index is 1090. The molecule has 4 rings (SSSR count). The van der Waals surface area contributed by atoms with Gasteiger partial charge in [-0.05, 0) is 19.4 Å². The fourth-order valence-electron chi connectivity index (χ4n) is 3.40. The number of alkyl halides is 3. The van der Waals surface area contributed by atoms with Gasteiger partial charge >= 0.3 is 12.1 Å². The highest BCUT2D eigenvalue weighted by Crippen LogP contribution is 2.35. The van der Waals surface area contributed by atoms with Crippen LogP contribution in [0, 0.1) is 0 Å². The lowest BCUT2D eigenvalue weighted by molar-refractivity contribution is -0.147. The molecule has 12 heteroatoms. The van der Waals surface area contributed by atoms with Crippen LogP contribution in [-0.2, 0) is 30.4 Å². The molecular weight excluding hydrogens is 421 g/mol. The summed E-state index contributed by atoms with van der Waals surface area (Å²) < 4.78 is 45.5. The van der Waals surface area contributed by atoms with Crippen LogP contribution in [0.4, 0.5) is 19.0 Å². The van der Waals surface area contributed by atoms with Crippen LogP contribution in [0.3, 0.4) is 0 Å². The number of aromatic nitrogens is 5. The molecule has 0 aromatic carbocycles. The molecule has 8 nitrogen and oxygen atoms in total. The number of hydrogen-bond donors (Lipinski definition) is 0. The lowest BCUT2D eigenvalue weighted by Gasteiger charge is -2.29. The quantitative estimate of drug-likeness (QED) is 0.562. The topological polar surface area (TPSA) is 86.0 Å². The van der Waals surface area contributed by atoms with Gasteiger partial charge in [0.25, 0.3) is 0 Å². The first-order valence-corrected chi connectivity index (χ1v) is 10.3.